The monoisotopic (exact) mass is 305 g/mol. The van der Waals surface area contributed by atoms with Crippen molar-refractivity contribution in [3.63, 3.8) is 0 Å². The molecule has 2 aromatic rings. The number of hydrogen-bond acceptors (Lipinski definition) is 2. The van der Waals surface area contributed by atoms with Crippen LogP contribution in [0.4, 0.5) is 0 Å². The zero-order chi connectivity index (χ0) is 12.8. The van der Waals surface area contributed by atoms with Gasteiger partial charge in [-0.05, 0) is 23.3 Å². The van der Waals surface area contributed by atoms with Crippen LogP contribution < -0.4 is 5.73 Å². The highest BCUT2D eigenvalue weighted by molar-refractivity contribution is 9.10. The van der Waals surface area contributed by atoms with Gasteiger partial charge in [0.15, 0.2) is 0 Å². The molecular weight excluding hydrogens is 290 g/mol. The SMILES string of the molecule is NCC(OCc1ccccc1)c1cccc(Br)c1. The third kappa shape index (κ3) is 3.67. The molecule has 0 spiro atoms. The molecule has 3 heteroatoms. The van der Waals surface area contributed by atoms with Crippen LogP contribution in [0, 0.1) is 0 Å². The maximum Gasteiger partial charge on any atom is 0.0952 e. The predicted molar refractivity (Wildman–Crippen MR) is 77.2 cm³/mol. The minimum absolute atomic E-state index is 0.0669. The first-order valence-corrected chi connectivity index (χ1v) is 6.70. The van der Waals surface area contributed by atoms with Crippen molar-refractivity contribution in [2.75, 3.05) is 6.54 Å². The molecule has 0 bridgehead atoms. The molecule has 0 heterocycles. The topological polar surface area (TPSA) is 35.2 Å². The first kappa shape index (κ1) is 13.3. The van der Waals surface area contributed by atoms with Crippen molar-refractivity contribution in [1.82, 2.24) is 0 Å². The number of nitrogens with two attached hydrogens (primary N) is 1. The molecule has 0 saturated carbocycles. The van der Waals surface area contributed by atoms with Gasteiger partial charge in [0.25, 0.3) is 0 Å². The first-order valence-electron chi connectivity index (χ1n) is 5.90. The molecule has 1 unspecified atom stereocenters. The van der Waals surface area contributed by atoms with Crippen LogP contribution in [0.2, 0.25) is 0 Å². The van der Waals surface area contributed by atoms with Crippen LogP contribution in [-0.2, 0) is 11.3 Å². The Balaban J connectivity index is 2.02. The van der Waals surface area contributed by atoms with Gasteiger partial charge in [-0.2, -0.15) is 0 Å². The van der Waals surface area contributed by atoms with Crippen LogP contribution in [-0.4, -0.2) is 6.54 Å². The summed E-state index contributed by atoms with van der Waals surface area (Å²) in [6, 6.07) is 18.2. The van der Waals surface area contributed by atoms with E-state index in [1.807, 2.05) is 42.5 Å². The van der Waals surface area contributed by atoms with E-state index in [-0.39, 0.29) is 6.10 Å². The summed E-state index contributed by atoms with van der Waals surface area (Å²) >= 11 is 3.46. The van der Waals surface area contributed by atoms with Crippen LogP contribution in [0.15, 0.2) is 59.1 Å². The fourth-order valence-electron chi connectivity index (χ4n) is 1.78. The van der Waals surface area contributed by atoms with E-state index in [2.05, 4.69) is 28.1 Å². The minimum Gasteiger partial charge on any atom is -0.368 e. The molecule has 0 aliphatic heterocycles. The van der Waals surface area contributed by atoms with Gasteiger partial charge in [0, 0.05) is 11.0 Å². The lowest BCUT2D eigenvalue weighted by molar-refractivity contribution is 0.0456. The van der Waals surface area contributed by atoms with Gasteiger partial charge in [-0.1, -0.05) is 58.4 Å². The average molecular weight is 306 g/mol. The maximum absolute atomic E-state index is 5.87. The standard InChI is InChI=1S/C15H16BrNO/c16-14-8-4-7-13(9-14)15(10-17)18-11-12-5-2-1-3-6-12/h1-9,15H,10-11,17H2. The van der Waals surface area contributed by atoms with Gasteiger partial charge in [0.2, 0.25) is 0 Å². The molecule has 0 fully saturated rings. The number of halogens is 1. The largest absolute Gasteiger partial charge is 0.368 e. The minimum atomic E-state index is -0.0669. The summed E-state index contributed by atoms with van der Waals surface area (Å²) in [4.78, 5) is 0. The molecule has 0 saturated heterocycles. The van der Waals surface area contributed by atoms with Gasteiger partial charge in [-0.3, -0.25) is 0 Å². The molecule has 94 valence electrons. The summed E-state index contributed by atoms with van der Waals surface area (Å²) in [7, 11) is 0. The van der Waals surface area contributed by atoms with Crippen molar-refractivity contribution in [3.05, 3.63) is 70.2 Å². The van der Waals surface area contributed by atoms with Crippen molar-refractivity contribution in [1.29, 1.82) is 0 Å². The normalized spacial score (nSPS) is 12.3. The Kier molecular flexibility index (Phi) is 4.93. The van der Waals surface area contributed by atoms with E-state index in [0.29, 0.717) is 13.2 Å². The zero-order valence-electron chi connectivity index (χ0n) is 10.1. The molecule has 0 amide bonds. The highest BCUT2D eigenvalue weighted by Gasteiger charge is 2.10. The van der Waals surface area contributed by atoms with E-state index in [1.54, 1.807) is 0 Å². The second-order valence-electron chi connectivity index (χ2n) is 4.08. The van der Waals surface area contributed by atoms with E-state index < -0.39 is 0 Å². The second-order valence-corrected chi connectivity index (χ2v) is 4.99. The smallest absolute Gasteiger partial charge is 0.0952 e. The number of hydrogen-bond donors (Lipinski definition) is 1. The molecule has 1 atom stereocenters. The van der Waals surface area contributed by atoms with Crippen LogP contribution in [0.25, 0.3) is 0 Å². The molecule has 2 nitrogen and oxygen atoms in total. The Morgan fingerprint density at radius 1 is 1.06 bits per heavy atom. The Labute approximate surface area is 116 Å². The summed E-state index contributed by atoms with van der Waals surface area (Å²) in [6.07, 6.45) is -0.0669. The molecule has 0 aliphatic carbocycles. The van der Waals surface area contributed by atoms with Crippen LogP contribution in [0.1, 0.15) is 17.2 Å². The predicted octanol–water partition coefficient (Wildman–Crippen LogP) is 3.67. The van der Waals surface area contributed by atoms with E-state index in [4.69, 9.17) is 10.5 Å². The fraction of sp³-hybridized carbons (Fsp3) is 0.200. The van der Waals surface area contributed by atoms with Crippen molar-refractivity contribution < 1.29 is 4.74 Å². The molecule has 2 aromatic carbocycles. The molecular formula is C15H16BrNO. The van der Waals surface area contributed by atoms with Crippen molar-refractivity contribution >= 4 is 15.9 Å². The molecule has 18 heavy (non-hydrogen) atoms. The molecule has 0 aromatic heterocycles. The maximum atomic E-state index is 5.87. The summed E-state index contributed by atoms with van der Waals surface area (Å²) in [5.74, 6) is 0. The summed E-state index contributed by atoms with van der Waals surface area (Å²) in [5.41, 5.74) is 8.04. The fourth-order valence-corrected chi connectivity index (χ4v) is 2.20. The van der Waals surface area contributed by atoms with Crippen LogP contribution in [0.5, 0.6) is 0 Å². The summed E-state index contributed by atoms with van der Waals surface area (Å²) < 4.78 is 6.92. The molecule has 0 radical (unpaired) electrons. The third-order valence-corrected chi connectivity index (χ3v) is 3.22. The Morgan fingerprint density at radius 3 is 2.50 bits per heavy atom. The molecule has 2 N–H and O–H groups in total. The highest BCUT2D eigenvalue weighted by atomic mass is 79.9. The van der Waals surface area contributed by atoms with E-state index in [1.165, 1.54) is 0 Å². The average Bonchev–Trinajstić information content (AvgIpc) is 2.41. The van der Waals surface area contributed by atoms with Crippen LogP contribution >= 0.6 is 15.9 Å². The van der Waals surface area contributed by atoms with Crippen molar-refractivity contribution in [3.8, 4) is 0 Å². The quantitative estimate of drug-likeness (QED) is 0.915. The number of rotatable bonds is 5. The Bertz CT molecular complexity index is 487. The summed E-state index contributed by atoms with van der Waals surface area (Å²) in [5, 5.41) is 0. The van der Waals surface area contributed by atoms with Crippen LogP contribution in [0.3, 0.4) is 0 Å². The molecule has 2 rings (SSSR count). The third-order valence-electron chi connectivity index (χ3n) is 2.73. The van der Waals surface area contributed by atoms with Gasteiger partial charge in [-0.15, -0.1) is 0 Å². The summed E-state index contributed by atoms with van der Waals surface area (Å²) in [6.45, 7) is 1.05. The lowest BCUT2D eigenvalue weighted by atomic mass is 10.1. The Morgan fingerprint density at radius 2 is 1.83 bits per heavy atom. The lowest BCUT2D eigenvalue weighted by Crippen LogP contribution is -2.15. The van der Waals surface area contributed by atoms with Crippen molar-refractivity contribution in [2.24, 2.45) is 5.73 Å². The van der Waals surface area contributed by atoms with E-state index in [0.717, 1.165) is 15.6 Å². The Hall–Kier alpha value is -1.16. The van der Waals surface area contributed by atoms with Gasteiger partial charge in [0.05, 0.1) is 12.7 Å². The molecule has 0 aliphatic rings. The van der Waals surface area contributed by atoms with Gasteiger partial charge < -0.3 is 10.5 Å². The first-order chi connectivity index (χ1) is 8.79. The number of ether oxygens (including phenoxy) is 1. The van der Waals surface area contributed by atoms with Gasteiger partial charge in [-0.25, -0.2) is 0 Å². The zero-order valence-corrected chi connectivity index (χ0v) is 11.6. The van der Waals surface area contributed by atoms with E-state index in [9.17, 15) is 0 Å². The number of benzene rings is 2. The van der Waals surface area contributed by atoms with Crippen molar-refractivity contribution in [2.45, 2.75) is 12.7 Å². The lowest BCUT2D eigenvalue weighted by Gasteiger charge is -2.16. The van der Waals surface area contributed by atoms with Gasteiger partial charge >= 0.3 is 0 Å². The second kappa shape index (κ2) is 6.69. The van der Waals surface area contributed by atoms with Gasteiger partial charge in [0.1, 0.15) is 0 Å². The highest BCUT2D eigenvalue weighted by Crippen LogP contribution is 2.21. The van der Waals surface area contributed by atoms with E-state index >= 15 is 0 Å².